The van der Waals surface area contributed by atoms with Crippen LogP contribution in [-0.2, 0) is 9.59 Å². The van der Waals surface area contributed by atoms with Crippen molar-refractivity contribution in [1.82, 2.24) is 10.3 Å². The molecule has 0 aromatic carbocycles. The van der Waals surface area contributed by atoms with Crippen molar-refractivity contribution in [3.8, 4) is 0 Å². The van der Waals surface area contributed by atoms with Gasteiger partial charge in [-0.15, -0.1) is 0 Å². The molecule has 1 saturated carbocycles. The monoisotopic (exact) mass is 234 g/mol. The number of amides is 1. The van der Waals surface area contributed by atoms with Gasteiger partial charge in [-0.25, -0.2) is 0 Å². The predicted molar refractivity (Wildman–Crippen MR) is 60.0 cm³/mol. The van der Waals surface area contributed by atoms with Crippen molar-refractivity contribution in [1.29, 1.82) is 0 Å². The van der Waals surface area contributed by atoms with Gasteiger partial charge in [-0.3, -0.25) is 14.6 Å². The molecule has 0 spiro atoms. The van der Waals surface area contributed by atoms with E-state index in [1.165, 1.54) is 0 Å². The topological polar surface area (TPSA) is 79.3 Å². The van der Waals surface area contributed by atoms with Crippen LogP contribution in [0.4, 0.5) is 0 Å². The number of aliphatic carboxylic acids is 1. The highest BCUT2D eigenvalue weighted by atomic mass is 16.4. The smallest absolute Gasteiger partial charge is 0.307 e. The van der Waals surface area contributed by atoms with Gasteiger partial charge < -0.3 is 10.4 Å². The summed E-state index contributed by atoms with van der Waals surface area (Å²) in [5, 5.41) is 11.5. The minimum atomic E-state index is -0.890. The zero-order chi connectivity index (χ0) is 12.4. The van der Waals surface area contributed by atoms with Crippen molar-refractivity contribution >= 4 is 11.9 Å². The van der Waals surface area contributed by atoms with Crippen LogP contribution in [0.3, 0.4) is 0 Å². The highest BCUT2D eigenvalue weighted by Gasteiger charge is 2.48. The number of aromatic nitrogens is 1. The first-order valence-corrected chi connectivity index (χ1v) is 5.52. The van der Waals surface area contributed by atoms with Crippen molar-refractivity contribution in [2.45, 2.75) is 19.4 Å². The van der Waals surface area contributed by atoms with Crippen molar-refractivity contribution in [2.75, 3.05) is 0 Å². The average molecular weight is 234 g/mol. The molecule has 2 rings (SSSR count). The highest BCUT2D eigenvalue weighted by Crippen LogP contribution is 2.39. The molecule has 90 valence electrons. The molecule has 1 aliphatic rings. The van der Waals surface area contributed by atoms with Crippen molar-refractivity contribution < 1.29 is 14.7 Å². The summed E-state index contributed by atoms with van der Waals surface area (Å²) in [6.45, 7) is 1.85. The van der Waals surface area contributed by atoms with Gasteiger partial charge in [-0.05, 0) is 25.0 Å². The Morgan fingerprint density at radius 2 is 2.29 bits per heavy atom. The summed E-state index contributed by atoms with van der Waals surface area (Å²) in [6, 6.07) is 3.53. The molecule has 0 aliphatic heterocycles. The Hall–Kier alpha value is -1.91. The van der Waals surface area contributed by atoms with Gasteiger partial charge in [-0.1, -0.05) is 6.07 Å². The molecule has 0 radical (unpaired) electrons. The molecule has 3 atom stereocenters. The summed E-state index contributed by atoms with van der Waals surface area (Å²) in [7, 11) is 0. The fraction of sp³-hybridized carbons (Fsp3) is 0.417. The first-order chi connectivity index (χ1) is 8.09. The van der Waals surface area contributed by atoms with E-state index in [-0.39, 0.29) is 17.9 Å². The largest absolute Gasteiger partial charge is 0.481 e. The molecule has 1 aromatic heterocycles. The van der Waals surface area contributed by atoms with Gasteiger partial charge in [-0.2, -0.15) is 0 Å². The number of pyridine rings is 1. The van der Waals surface area contributed by atoms with Crippen molar-refractivity contribution in [3.05, 3.63) is 30.1 Å². The van der Waals surface area contributed by atoms with E-state index in [0.29, 0.717) is 6.42 Å². The number of hydrogen-bond acceptors (Lipinski definition) is 3. The van der Waals surface area contributed by atoms with Gasteiger partial charge in [0.25, 0.3) is 0 Å². The third-order valence-corrected chi connectivity index (χ3v) is 2.99. The van der Waals surface area contributed by atoms with Gasteiger partial charge in [0.15, 0.2) is 0 Å². The lowest BCUT2D eigenvalue weighted by molar-refractivity contribution is -0.140. The van der Waals surface area contributed by atoms with E-state index in [1.807, 2.05) is 13.0 Å². The maximum atomic E-state index is 11.7. The van der Waals surface area contributed by atoms with Gasteiger partial charge in [0.1, 0.15) is 0 Å². The predicted octanol–water partition coefficient (Wildman–Crippen LogP) is 0.980. The second-order valence-corrected chi connectivity index (χ2v) is 4.30. The average Bonchev–Trinajstić information content (AvgIpc) is 3.10. The van der Waals surface area contributed by atoms with Gasteiger partial charge in [0.05, 0.1) is 17.9 Å². The fourth-order valence-electron chi connectivity index (χ4n) is 1.79. The molecule has 5 heteroatoms. The Morgan fingerprint density at radius 3 is 2.82 bits per heavy atom. The van der Waals surface area contributed by atoms with E-state index in [4.69, 9.17) is 5.11 Å². The van der Waals surface area contributed by atoms with Gasteiger partial charge >= 0.3 is 5.97 Å². The summed E-state index contributed by atoms with van der Waals surface area (Å²) in [6.07, 6.45) is 3.80. The second kappa shape index (κ2) is 4.53. The normalized spacial score (nSPS) is 23.8. The maximum absolute atomic E-state index is 11.7. The number of carbonyl (C=O) groups excluding carboxylic acids is 1. The summed E-state index contributed by atoms with van der Waals surface area (Å²) < 4.78 is 0. The molecular formula is C12H14N2O3. The van der Waals surface area contributed by atoms with Crippen LogP contribution < -0.4 is 5.32 Å². The highest BCUT2D eigenvalue weighted by molar-refractivity contribution is 5.89. The zero-order valence-electron chi connectivity index (χ0n) is 9.46. The summed E-state index contributed by atoms with van der Waals surface area (Å²) in [5.74, 6) is -1.95. The summed E-state index contributed by atoms with van der Waals surface area (Å²) >= 11 is 0. The lowest BCUT2D eigenvalue weighted by Crippen LogP contribution is -2.29. The van der Waals surface area contributed by atoms with Crippen LogP contribution in [0.1, 0.15) is 24.9 Å². The maximum Gasteiger partial charge on any atom is 0.307 e. The lowest BCUT2D eigenvalue weighted by Gasteiger charge is -2.13. The minimum absolute atomic E-state index is 0.147. The molecule has 1 fully saturated rings. The van der Waals surface area contributed by atoms with Crippen molar-refractivity contribution in [3.63, 3.8) is 0 Å². The number of hydrogen-bond donors (Lipinski definition) is 2. The van der Waals surface area contributed by atoms with Crippen LogP contribution in [0.2, 0.25) is 0 Å². The first-order valence-electron chi connectivity index (χ1n) is 5.52. The van der Waals surface area contributed by atoms with E-state index in [0.717, 1.165) is 5.56 Å². The van der Waals surface area contributed by atoms with Crippen molar-refractivity contribution in [2.24, 2.45) is 11.8 Å². The van der Waals surface area contributed by atoms with E-state index in [2.05, 4.69) is 10.3 Å². The van der Waals surface area contributed by atoms with Crippen LogP contribution in [0.15, 0.2) is 24.5 Å². The molecule has 1 amide bonds. The Balaban J connectivity index is 1.90. The second-order valence-electron chi connectivity index (χ2n) is 4.30. The van der Waals surface area contributed by atoms with Crippen LogP contribution in [0.25, 0.3) is 0 Å². The van der Waals surface area contributed by atoms with Gasteiger partial charge in [0, 0.05) is 12.4 Å². The Labute approximate surface area is 98.9 Å². The number of nitrogens with zero attached hydrogens (tertiary/aromatic N) is 1. The fourth-order valence-corrected chi connectivity index (χ4v) is 1.79. The first kappa shape index (κ1) is 11.6. The number of rotatable bonds is 4. The summed E-state index contributed by atoms with van der Waals surface area (Å²) in [5.41, 5.74) is 0.911. The standard InChI is InChI=1S/C12H14N2O3/c1-7(8-3-2-4-13-6-8)14-11(15)9-5-10(9)12(16)17/h2-4,6-7,9-10H,5H2,1H3,(H,14,15)(H,16,17). The molecule has 3 unspecified atom stereocenters. The molecule has 17 heavy (non-hydrogen) atoms. The van der Waals surface area contributed by atoms with E-state index >= 15 is 0 Å². The molecular weight excluding hydrogens is 220 g/mol. The molecule has 1 heterocycles. The van der Waals surface area contributed by atoms with E-state index in [9.17, 15) is 9.59 Å². The minimum Gasteiger partial charge on any atom is -0.481 e. The molecule has 1 aromatic rings. The van der Waals surface area contributed by atoms with Crippen LogP contribution in [0, 0.1) is 11.8 Å². The number of carboxylic acids is 1. The number of nitrogens with one attached hydrogen (secondary N) is 1. The Morgan fingerprint density at radius 1 is 1.53 bits per heavy atom. The van der Waals surface area contributed by atoms with E-state index in [1.54, 1.807) is 18.5 Å². The van der Waals surface area contributed by atoms with E-state index < -0.39 is 11.9 Å². The van der Waals surface area contributed by atoms with Gasteiger partial charge in [0.2, 0.25) is 5.91 Å². The molecule has 2 N–H and O–H groups in total. The Kier molecular flexibility index (Phi) is 3.08. The molecule has 1 aliphatic carbocycles. The lowest BCUT2D eigenvalue weighted by atomic mass is 10.1. The Bertz CT molecular complexity index is 433. The summed E-state index contributed by atoms with van der Waals surface area (Å²) in [4.78, 5) is 26.3. The third kappa shape index (κ3) is 2.61. The quantitative estimate of drug-likeness (QED) is 0.813. The zero-order valence-corrected chi connectivity index (χ0v) is 9.46. The number of carbonyl (C=O) groups is 2. The molecule has 0 bridgehead atoms. The molecule has 0 saturated heterocycles. The molecule has 5 nitrogen and oxygen atoms in total. The number of carboxylic acid groups (broad SMARTS) is 1. The van der Waals surface area contributed by atoms with Crippen LogP contribution in [0.5, 0.6) is 0 Å². The third-order valence-electron chi connectivity index (χ3n) is 2.99. The SMILES string of the molecule is CC(NC(=O)C1CC1C(=O)O)c1cccnc1. The van der Waals surface area contributed by atoms with Crippen LogP contribution in [-0.4, -0.2) is 22.0 Å². The van der Waals surface area contributed by atoms with Crippen LogP contribution >= 0.6 is 0 Å².